The first-order valence-corrected chi connectivity index (χ1v) is 11.8. The third kappa shape index (κ3) is 5.59. The molecule has 1 heterocycles. The maximum atomic E-state index is 13.0. The zero-order chi connectivity index (χ0) is 23.1. The maximum Gasteiger partial charge on any atom is 0.257 e. The summed E-state index contributed by atoms with van der Waals surface area (Å²) < 4.78 is 17.1. The van der Waals surface area contributed by atoms with Crippen LogP contribution in [0.3, 0.4) is 0 Å². The Morgan fingerprint density at radius 3 is 2.09 bits per heavy atom. The number of aromatic nitrogens is 1. The minimum atomic E-state index is -0.286. The molecule has 32 heavy (non-hydrogen) atoms. The van der Waals surface area contributed by atoms with Crippen LogP contribution in [0.5, 0.6) is 17.2 Å². The Kier molecular flexibility index (Phi) is 8.11. The molecule has 7 heteroatoms. The van der Waals surface area contributed by atoms with E-state index in [-0.39, 0.29) is 5.91 Å². The molecule has 6 nitrogen and oxygen atoms in total. The molecule has 0 atom stereocenters. The van der Waals surface area contributed by atoms with Gasteiger partial charge >= 0.3 is 0 Å². The van der Waals surface area contributed by atoms with Crippen molar-refractivity contribution in [2.45, 2.75) is 40.5 Å². The fourth-order valence-corrected chi connectivity index (χ4v) is 3.91. The Labute approximate surface area is 193 Å². The second-order valence-corrected chi connectivity index (χ2v) is 8.23. The van der Waals surface area contributed by atoms with Crippen molar-refractivity contribution in [1.82, 2.24) is 4.98 Å². The SMILES string of the molecule is CCOc1cc(C(=O)Nc2nc(-c3ccc(C(C)C)cc3)cs2)cc(OCC)c1OCC. The number of ether oxygens (including phenoxy) is 3. The van der Waals surface area contributed by atoms with Gasteiger partial charge in [-0.1, -0.05) is 38.1 Å². The van der Waals surface area contributed by atoms with Crippen LogP contribution in [0, 0.1) is 0 Å². The summed E-state index contributed by atoms with van der Waals surface area (Å²) >= 11 is 1.39. The summed E-state index contributed by atoms with van der Waals surface area (Å²) in [5, 5.41) is 5.35. The molecule has 2 aromatic carbocycles. The summed E-state index contributed by atoms with van der Waals surface area (Å²) in [6.45, 7) is 11.3. The van der Waals surface area contributed by atoms with E-state index in [1.54, 1.807) is 12.1 Å². The van der Waals surface area contributed by atoms with Gasteiger partial charge in [-0.2, -0.15) is 0 Å². The monoisotopic (exact) mass is 454 g/mol. The van der Waals surface area contributed by atoms with E-state index in [4.69, 9.17) is 14.2 Å². The summed E-state index contributed by atoms with van der Waals surface area (Å²) in [6.07, 6.45) is 0. The van der Waals surface area contributed by atoms with E-state index in [0.717, 1.165) is 11.3 Å². The highest BCUT2D eigenvalue weighted by Gasteiger charge is 2.19. The van der Waals surface area contributed by atoms with Crippen LogP contribution in [0.4, 0.5) is 5.13 Å². The van der Waals surface area contributed by atoms with E-state index in [1.807, 2.05) is 26.2 Å². The largest absolute Gasteiger partial charge is 0.490 e. The predicted molar refractivity (Wildman–Crippen MR) is 130 cm³/mol. The second kappa shape index (κ2) is 11.0. The molecule has 0 bridgehead atoms. The van der Waals surface area contributed by atoms with Crippen LogP contribution in [-0.4, -0.2) is 30.7 Å². The lowest BCUT2D eigenvalue weighted by Crippen LogP contribution is -2.13. The molecule has 0 saturated carbocycles. The number of rotatable bonds is 10. The Bertz CT molecular complexity index is 1020. The molecular formula is C25H30N2O4S. The lowest BCUT2D eigenvalue weighted by atomic mass is 10.0. The van der Waals surface area contributed by atoms with Crippen LogP contribution in [0.25, 0.3) is 11.3 Å². The van der Waals surface area contributed by atoms with Crippen molar-refractivity contribution < 1.29 is 19.0 Å². The third-order valence-electron chi connectivity index (χ3n) is 4.77. The van der Waals surface area contributed by atoms with E-state index in [2.05, 4.69) is 48.4 Å². The van der Waals surface area contributed by atoms with E-state index < -0.39 is 0 Å². The van der Waals surface area contributed by atoms with E-state index in [1.165, 1.54) is 16.9 Å². The van der Waals surface area contributed by atoms with Crippen molar-refractivity contribution >= 4 is 22.4 Å². The number of hydrogen-bond acceptors (Lipinski definition) is 6. The Morgan fingerprint density at radius 1 is 0.969 bits per heavy atom. The fourth-order valence-electron chi connectivity index (χ4n) is 3.19. The third-order valence-corrected chi connectivity index (χ3v) is 5.53. The minimum Gasteiger partial charge on any atom is -0.490 e. The molecule has 0 unspecified atom stereocenters. The van der Waals surface area contributed by atoms with Crippen molar-refractivity contribution in [2.24, 2.45) is 0 Å². The summed E-state index contributed by atoms with van der Waals surface area (Å²) in [5.41, 5.74) is 3.54. The Hall–Kier alpha value is -3.06. The zero-order valence-electron chi connectivity index (χ0n) is 19.2. The molecule has 3 aromatic rings. The smallest absolute Gasteiger partial charge is 0.257 e. The summed E-state index contributed by atoms with van der Waals surface area (Å²) in [4.78, 5) is 17.5. The topological polar surface area (TPSA) is 69.7 Å². The highest BCUT2D eigenvalue weighted by molar-refractivity contribution is 7.14. The van der Waals surface area contributed by atoms with Gasteiger partial charge in [0.25, 0.3) is 5.91 Å². The number of amides is 1. The number of carbonyl (C=O) groups excluding carboxylic acids is 1. The Balaban J connectivity index is 1.82. The quantitative estimate of drug-likeness (QED) is 0.385. The van der Waals surface area contributed by atoms with Crippen molar-refractivity contribution in [1.29, 1.82) is 0 Å². The molecule has 0 radical (unpaired) electrons. The van der Waals surface area contributed by atoms with Crippen LogP contribution in [0.1, 0.15) is 56.5 Å². The van der Waals surface area contributed by atoms with Crippen LogP contribution in [-0.2, 0) is 0 Å². The van der Waals surface area contributed by atoms with Gasteiger partial charge in [0.1, 0.15) is 0 Å². The average molecular weight is 455 g/mol. The van der Waals surface area contributed by atoms with Gasteiger partial charge in [-0.15, -0.1) is 11.3 Å². The molecule has 0 saturated heterocycles. The molecule has 1 amide bonds. The molecule has 0 aliphatic heterocycles. The molecule has 0 spiro atoms. The first-order valence-electron chi connectivity index (χ1n) is 10.9. The van der Waals surface area contributed by atoms with Gasteiger partial charge in [-0.3, -0.25) is 10.1 Å². The minimum absolute atomic E-state index is 0.286. The van der Waals surface area contributed by atoms with Crippen molar-refractivity contribution in [2.75, 3.05) is 25.1 Å². The summed E-state index contributed by atoms with van der Waals surface area (Å²) in [7, 11) is 0. The summed E-state index contributed by atoms with van der Waals surface area (Å²) in [6, 6.07) is 11.7. The average Bonchev–Trinajstić information content (AvgIpc) is 3.24. The zero-order valence-corrected chi connectivity index (χ0v) is 20.0. The van der Waals surface area contributed by atoms with Crippen molar-refractivity contribution in [3.05, 3.63) is 52.9 Å². The van der Waals surface area contributed by atoms with Crippen LogP contribution in [0.15, 0.2) is 41.8 Å². The number of benzene rings is 2. The van der Waals surface area contributed by atoms with E-state index in [9.17, 15) is 4.79 Å². The Morgan fingerprint density at radius 2 is 1.56 bits per heavy atom. The highest BCUT2D eigenvalue weighted by Crippen LogP contribution is 2.39. The predicted octanol–water partition coefficient (Wildman–Crippen LogP) is 6.38. The standard InChI is InChI=1S/C25H30N2O4S/c1-6-29-21-13-19(14-22(30-7-2)23(21)31-8-3)24(28)27-25-26-20(15-32-25)18-11-9-17(10-12-18)16(4)5/h9-16H,6-8H2,1-5H3,(H,26,27,28). The fraction of sp³-hybridized carbons (Fsp3) is 0.360. The van der Waals surface area contributed by atoms with Gasteiger partial charge in [0.2, 0.25) is 5.75 Å². The molecule has 1 N–H and O–H groups in total. The molecule has 0 fully saturated rings. The van der Waals surface area contributed by atoms with Gasteiger partial charge in [0.15, 0.2) is 16.6 Å². The van der Waals surface area contributed by atoms with Crippen molar-refractivity contribution in [3.8, 4) is 28.5 Å². The van der Waals surface area contributed by atoms with Gasteiger partial charge in [0, 0.05) is 16.5 Å². The molecule has 0 aliphatic rings. The van der Waals surface area contributed by atoms with E-state index >= 15 is 0 Å². The first kappa shape index (κ1) is 23.6. The van der Waals surface area contributed by atoms with E-state index in [0.29, 0.717) is 53.7 Å². The number of nitrogens with zero attached hydrogens (tertiary/aromatic N) is 1. The maximum absolute atomic E-state index is 13.0. The van der Waals surface area contributed by atoms with Crippen LogP contribution in [0.2, 0.25) is 0 Å². The summed E-state index contributed by atoms with van der Waals surface area (Å²) in [5.74, 6) is 1.66. The number of thiazole rings is 1. The van der Waals surface area contributed by atoms with Crippen LogP contribution >= 0.6 is 11.3 Å². The van der Waals surface area contributed by atoms with Crippen LogP contribution < -0.4 is 19.5 Å². The first-order chi connectivity index (χ1) is 15.5. The number of hydrogen-bond donors (Lipinski definition) is 1. The second-order valence-electron chi connectivity index (χ2n) is 7.37. The van der Waals surface area contributed by atoms with Gasteiger partial charge < -0.3 is 14.2 Å². The molecule has 170 valence electrons. The van der Waals surface area contributed by atoms with Crippen molar-refractivity contribution in [3.63, 3.8) is 0 Å². The molecule has 3 rings (SSSR count). The van der Waals surface area contributed by atoms with Gasteiger partial charge in [-0.05, 0) is 44.4 Å². The molecule has 1 aromatic heterocycles. The van der Waals surface area contributed by atoms with Gasteiger partial charge in [-0.25, -0.2) is 4.98 Å². The number of carbonyl (C=O) groups is 1. The number of anilines is 1. The lowest BCUT2D eigenvalue weighted by molar-refractivity contribution is 0.102. The van der Waals surface area contributed by atoms with Gasteiger partial charge in [0.05, 0.1) is 25.5 Å². The normalized spacial score (nSPS) is 10.8. The highest BCUT2D eigenvalue weighted by atomic mass is 32.1. The molecular weight excluding hydrogens is 424 g/mol. The number of nitrogens with one attached hydrogen (secondary N) is 1. The molecule has 0 aliphatic carbocycles. The lowest BCUT2D eigenvalue weighted by Gasteiger charge is -2.16.